The van der Waals surface area contributed by atoms with Gasteiger partial charge in [-0.25, -0.2) is 13.1 Å². The molecule has 0 aliphatic carbocycles. The predicted molar refractivity (Wildman–Crippen MR) is 64.6 cm³/mol. The number of benzene rings is 1. The van der Waals surface area contributed by atoms with E-state index in [1.54, 1.807) is 6.07 Å². The molecule has 0 bridgehead atoms. The highest BCUT2D eigenvalue weighted by molar-refractivity contribution is 7.89. The van der Waals surface area contributed by atoms with Crippen LogP contribution in [-0.4, -0.2) is 28.6 Å². The van der Waals surface area contributed by atoms with Crippen LogP contribution in [0.25, 0.3) is 0 Å². The fraction of sp³-hybridized carbons (Fsp3) is 0.333. The first-order valence-corrected chi connectivity index (χ1v) is 6.26. The third-order valence-corrected chi connectivity index (χ3v) is 3.48. The Labute approximate surface area is 95.1 Å². The highest BCUT2D eigenvalue weighted by Crippen LogP contribution is 2.22. The Hall–Kier alpha value is -1.31. The Morgan fingerprint density at radius 3 is 2.62 bits per heavy atom. The van der Waals surface area contributed by atoms with E-state index in [-0.39, 0.29) is 4.90 Å². The minimum Gasteiger partial charge on any atom is -0.397 e. The molecule has 6 nitrogen and oxygen atoms in total. The summed E-state index contributed by atoms with van der Waals surface area (Å²) < 4.78 is 25.3. The highest BCUT2D eigenvalue weighted by Gasteiger charge is 2.12. The van der Waals surface area contributed by atoms with Crippen LogP contribution in [0.2, 0.25) is 0 Å². The Morgan fingerprint density at radius 1 is 1.38 bits per heavy atom. The van der Waals surface area contributed by atoms with Crippen LogP contribution < -0.4 is 21.5 Å². The molecule has 0 heterocycles. The molecule has 0 radical (unpaired) electrons. The van der Waals surface area contributed by atoms with E-state index in [2.05, 4.69) is 10.0 Å². The van der Waals surface area contributed by atoms with Crippen LogP contribution in [0.15, 0.2) is 23.1 Å². The molecule has 0 aromatic heterocycles. The second kappa shape index (κ2) is 5.15. The normalized spacial score (nSPS) is 11.4. The van der Waals surface area contributed by atoms with Crippen molar-refractivity contribution in [3.8, 4) is 0 Å². The lowest BCUT2D eigenvalue weighted by atomic mass is 10.2. The molecule has 0 saturated carbocycles. The van der Waals surface area contributed by atoms with Crippen molar-refractivity contribution in [1.82, 2.24) is 4.72 Å². The first kappa shape index (κ1) is 12.8. The number of hydrogen-bond donors (Lipinski definition) is 4. The topological polar surface area (TPSA) is 110 Å². The zero-order valence-electron chi connectivity index (χ0n) is 9.03. The number of hydrogen-bond acceptors (Lipinski definition) is 5. The van der Waals surface area contributed by atoms with Crippen molar-refractivity contribution in [3.05, 3.63) is 18.2 Å². The van der Waals surface area contributed by atoms with Crippen LogP contribution in [-0.2, 0) is 10.0 Å². The average molecular weight is 244 g/mol. The Morgan fingerprint density at radius 2 is 2.06 bits per heavy atom. The maximum atomic E-state index is 11.5. The van der Waals surface area contributed by atoms with Crippen LogP contribution in [0.5, 0.6) is 0 Å². The summed E-state index contributed by atoms with van der Waals surface area (Å²) >= 11 is 0. The molecule has 0 saturated heterocycles. The molecule has 0 spiro atoms. The Kier molecular flexibility index (Phi) is 4.11. The molecule has 1 aromatic rings. The molecule has 0 amide bonds. The molecular formula is C9H16N4O2S. The number of nitrogens with two attached hydrogens (primary N) is 2. The van der Waals surface area contributed by atoms with Gasteiger partial charge in [-0.05, 0) is 25.2 Å². The van der Waals surface area contributed by atoms with E-state index in [1.165, 1.54) is 19.2 Å². The molecule has 0 aliphatic heterocycles. The first-order chi connectivity index (χ1) is 7.51. The van der Waals surface area contributed by atoms with Gasteiger partial charge in [-0.1, -0.05) is 0 Å². The number of nitrogens with one attached hydrogen (secondary N) is 2. The van der Waals surface area contributed by atoms with E-state index < -0.39 is 10.0 Å². The van der Waals surface area contributed by atoms with Crippen LogP contribution in [0, 0.1) is 0 Å². The lowest BCUT2D eigenvalue weighted by molar-refractivity contribution is 0.588. The number of nitrogen functional groups attached to an aromatic ring is 1. The van der Waals surface area contributed by atoms with Crippen molar-refractivity contribution in [2.75, 3.05) is 31.2 Å². The lowest BCUT2D eigenvalue weighted by Crippen LogP contribution is -2.19. The minimum absolute atomic E-state index is 0.170. The smallest absolute Gasteiger partial charge is 0.240 e. The van der Waals surface area contributed by atoms with E-state index in [9.17, 15) is 8.42 Å². The summed E-state index contributed by atoms with van der Waals surface area (Å²) in [7, 11) is -2.08. The van der Waals surface area contributed by atoms with Crippen LogP contribution in [0.1, 0.15) is 0 Å². The van der Waals surface area contributed by atoms with E-state index in [0.717, 1.165) is 0 Å². The molecule has 16 heavy (non-hydrogen) atoms. The quantitative estimate of drug-likeness (QED) is 0.524. The van der Waals surface area contributed by atoms with E-state index in [0.29, 0.717) is 24.5 Å². The number of sulfonamides is 1. The predicted octanol–water partition coefficient (Wildman–Crippen LogP) is -0.452. The third-order valence-electron chi connectivity index (χ3n) is 2.06. The third kappa shape index (κ3) is 2.84. The van der Waals surface area contributed by atoms with Gasteiger partial charge in [0.25, 0.3) is 0 Å². The van der Waals surface area contributed by atoms with Gasteiger partial charge in [-0.15, -0.1) is 0 Å². The highest BCUT2D eigenvalue weighted by atomic mass is 32.2. The van der Waals surface area contributed by atoms with Gasteiger partial charge in [0.1, 0.15) is 0 Å². The second-order valence-corrected chi connectivity index (χ2v) is 5.06. The molecular weight excluding hydrogens is 228 g/mol. The average Bonchev–Trinajstić information content (AvgIpc) is 2.27. The summed E-state index contributed by atoms with van der Waals surface area (Å²) in [6, 6.07) is 4.48. The van der Waals surface area contributed by atoms with Gasteiger partial charge in [0, 0.05) is 13.1 Å². The van der Waals surface area contributed by atoms with Crippen LogP contribution >= 0.6 is 0 Å². The van der Waals surface area contributed by atoms with Gasteiger partial charge in [0.2, 0.25) is 10.0 Å². The fourth-order valence-electron chi connectivity index (χ4n) is 1.18. The number of anilines is 2. The first-order valence-electron chi connectivity index (χ1n) is 4.78. The molecule has 1 aromatic carbocycles. The second-order valence-electron chi connectivity index (χ2n) is 3.17. The van der Waals surface area contributed by atoms with Gasteiger partial charge < -0.3 is 16.8 Å². The van der Waals surface area contributed by atoms with Gasteiger partial charge in [0.05, 0.1) is 16.3 Å². The summed E-state index contributed by atoms with van der Waals surface area (Å²) in [5.74, 6) is 0. The summed E-state index contributed by atoms with van der Waals surface area (Å²) in [5.41, 5.74) is 12.1. The van der Waals surface area contributed by atoms with Gasteiger partial charge in [0.15, 0.2) is 0 Å². The molecule has 6 N–H and O–H groups in total. The summed E-state index contributed by atoms with van der Waals surface area (Å²) in [6.45, 7) is 0.982. The fourth-order valence-corrected chi connectivity index (χ4v) is 1.94. The van der Waals surface area contributed by atoms with Gasteiger partial charge >= 0.3 is 0 Å². The lowest BCUT2D eigenvalue weighted by Gasteiger charge is -2.10. The molecule has 1 rings (SSSR count). The maximum Gasteiger partial charge on any atom is 0.240 e. The molecule has 0 atom stereocenters. The van der Waals surface area contributed by atoms with Crippen molar-refractivity contribution in [3.63, 3.8) is 0 Å². The van der Waals surface area contributed by atoms with E-state index in [1.807, 2.05) is 0 Å². The van der Waals surface area contributed by atoms with Crippen molar-refractivity contribution in [2.24, 2.45) is 5.73 Å². The van der Waals surface area contributed by atoms with Crippen molar-refractivity contribution in [2.45, 2.75) is 4.90 Å². The summed E-state index contributed by atoms with van der Waals surface area (Å²) in [5, 5.41) is 2.96. The monoisotopic (exact) mass is 244 g/mol. The van der Waals surface area contributed by atoms with Crippen LogP contribution in [0.3, 0.4) is 0 Å². The van der Waals surface area contributed by atoms with Crippen LogP contribution in [0.4, 0.5) is 11.4 Å². The Bertz CT molecular complexity index is 459. The van der Waals surface area contributed by atoms with Gasteiger partial charge in [-0.2, -0.15) is 0 Å². The summed E-state index contributed by atoms with van der Waals surface area (Å²) in [4.78, 5) is 0.170. The van der Waals surface area contributed by atoms with E-state index in [4.69, 9.17) is 11.5 Å². The molecule has 0 unspecified atom stereocenters. The number of rotatable bonds is 5. The SMILES string of the molecule is CNS(=O)(=O)c1ccc(N)c(NCCN)c1. The largest absolute Gasteiger partial charge is 0.397 e. The minimum atomic E-state index is -3.44. The zero-order chi connectivity index (χ0) is 12.2. The van der Waals surface area contributed by atoms with Crippen molar-refractivity contribution >= 4 is 21.4 Å². The molecule has 0 fully saturated rings. The molecule has 90 valence electrons. The Balaban J connectivity index is 3.07. The van der Waals surface area contributed by atoms with Gasteiger partial charge in [-0.3, -0.25) is 0 Å². The maximum absolute atomic E-state index is 11.5. The van der Waals surface area contributed by atoms with Crippen molar-refractivity contribution in [1.29, 1.82) is 0 Å². The zero-order valence-corrected chi connectivity index (χ0v) is 9.84. The van der Waals surface area contributed by atoms with E-state index >= 15 is 0 Å². The van der Waals surface area contributed by atoms with Crippen molar-refractivity contribution < 1.29 is 8.42 Å². The molecule has 0 aliphatic rings. The summed E-state index contributed by atoms with van der Waals surface area (Å²) in [6.07, 6.45) is 0. The molecule has 7 heteroatoms. The standard InChI is InChI=1S/C9H16N4O2S/c1-12-16(14,15)7-2-3-8(11)9(6-7)13-5-4-10/h2-3,6,12-13H,4-5,10-11H2,1H3.